The van der Waals surface area contributed by atoms with E-state index in [4.69, 9.17) is 20.9 Å². The first-order valence-corrected chi connectivity index (χ1v) is 12.5. The molecule has 3 aromatic rings. The van der Waals surface area contributed by atoms with Crippen molar-refractivity contribution < 1.29 is 24.0 Å². The van der Waals surface area contributed by atoms with Gasteiger partial charge in [-0.15, -0.1) is 5.01 Å². The average molecular weight is 525 g/mol. The Morgan fingerprint density at radius 1 is 1.17 bits per heavy atom. The number of amidine groups is 1. The molecule has 0 atom stereocenters. The number of anilines is 1. The van der Waals surface area contributed by atoms with Crippen LogP contribution in [0, 0.1) is 0 Å². The maximum Gasteiger partial charge on any atom is 0.324 e. The molecule has 5 rings (SSSR count). The number of amides is 1. The van der Waals surface area contributed by atoms with E-state index >= 15 is 0 Å². The van der Waals surface area contributed by atoms with Gasteiger partial charge < -0.3 is 9.84 Å². The van der Waals surface area contributed by atoms with Crippen molar-refractivity contribution in [2.24, 2.45) is 9.98 Å². The molecule has 1 aromatic heterocycles. The van der Waals surface area contributed by atoms with Crippen LogP contribution in [-0.2, 0) is 9.53 Å². The minimum Gasteiger partial charge on any atom is -0.861 e. The Kier molecular flexibility index (Phi) is 7.31. The van der Waals surface area contributed by atoms with Gasteiger partial charge in [0, 0.05) is 10.8 Å². The Balaban J connectivity index is 1.34. The Bertz CT molecular complexity index is 1340. The van der Waals surface area contributed by atoms with Gasteiger partial charge in [-0.05, 0) is 35.7 Å². The number of hydrogen-bond acceptors (Lipinski definition) is 9. The summed E-state index contributed by atoms with van der Waals surface area (Å²) in [6, 6.07) is 16.3. The summed E-state index contributed by atoms with van der Waals surface area (Å²) in [6.45, 7) is 2.50. The van der Waals surface area contributed by atoms with Gasteiger partial charge in [0.2, 0.25) is 5.27 Å². The summed E-state index contributed by atoms with van der Waals surface area (Å²) < 4.78 is 10.5. The molecular weight excluding hydrogens is 504 g/mol. The lowest BCUT2D eigenvalue weighted by atomic mass is 10.2. The number of morpholine rings is 1. The molecule has 12 heteroatoms. The molecule has 0 saturated carbocycles. The summed E-state index contributed by atoms with van der Waals surface area (Å²) in [4.78, 5) is 24.8. The first kappa shape index (κ1) is 24.0. The zero-order valence-electron chi connectivity index (χ0n) is 19.0. The second-order valence-corrected chi connectivity index (χ2v) is 9.09. The van der Waals surface area contributed by atoms with E-state index in [-0.39, 0.29) is 23.2 Å². The summed E-state index contributed by atoms with van der Waals surface area (Å²) >= 11 is 7.38. The number of aromatic nitrogens is 2. The van der Waals surface area contributed by atoms with Crippen molar-refractivity contribution in [1.82, 2.24) is 5.27 Å². The quantitative estimate of drug-likeness (QED) is 0.210. The number of ether oxygens (including phenoxy) is 1. The van der Waals surface area contributed by atoms with Crippen LogP contribution in [0.5, 0.6) is 0 Å². The molecule has 36 heavy (non-hydrogen) atoms. The molecule has 2 aliphatic rings. The van der Waals surface area contributed by atoms with Crippen molar-refractivity contribution in [3.05, 3.63) is 77.1 Å². The van der Waals surface area contributed by atoms with E-state index in [9.17, 15) is 9.90 Å². The zero-order chi connectivity index (χ0) is 24.9. The smallest absolute Gasteiger partial charge is 0.324 e. The largest absolute Gasteiger partial charge is 0.861 e. The topological polar surface area (TPSA) is 110 Å². The number of halogens is 1. The molecule has 2 aromatic carbocycles. The second kappa shape index (κ2) is 10.9. The van der Waals surface area contributed by atoms with Crippen LogP contribution in [0.25, 0.3) is 6.08 Å². The average Bonchev–Trinajstić information content (AvgIpc) is 3.49. The molecule has 2 aliphatic heterocycles. The maximum absolute atomic E-state index is 13.3. The van der Waals surface area contributed by atoms with Gasteiger partial charge in [-0.1, -0.05) is 59.8 Å². The fraction of sp³-hybridized carbons (Fsp3) is 0.208. The van der Waals surface area contributed by atoms with Crippen LogP contribution in [0.3, 0.4) is 0 Å². The molecule has 0 aliphatic carbocycles. The number of rotatable bonds is 6. The van der Waals surface area contributed by atoms with Crippen LogP contribution in [0.15, 0.2) is 81.0 Å². The molecule has 3 heterocycles. The predicted molar refractivity (Wildman–Crippen MR) is 136 cm³/mol. The minimum absolute atomic E-state index is 0.0485. The number of hydrogen-bond donors (Lipinski definition) is 0. The van der Waals surface area contributed by atoms with E-state index in [1.807, 2.05) is 35.3 Å². The standard InChI is InChI=1S/C24H21ClN6O4S/c25-19-9-5-4-6-17(19)14-20-23(33)31(18-7-2-1-3-8-18)24(26-20)36-16-21(32)27-22-15-30(28-35-22)29-10-12-34-13-11-29/h1-9,14-15H,10-13,16H2/b20-14+. The highest BCUT2D eigenvalue weighted by Gasteiger charge is 2.32. The number of carbonyl (C=O) groups is 1. The van der Waals surface area contributed by atoms with Crippen LogP contribution < -0.4 is 19.8 Å². The molecular formula is C24H21ClN6O4S. The van der Waals surface area contributed by atoms with Crippen molar-refractivity contribution >= 4 is 58.0 Å². The Labute approximate surface area is 216 Å². The van der Waals surface area contributed by atoms with E-state index in [2.05, 4.69) is 15.3 Å². The first-order chi connectivity index (χ1) is 17.6. The van der Waals surface area contributed by atoms with Crippen molar-refractivity contribution in [1.29, 1.82) is 0 Å². The molecule has 0 N–H and O–H groups in total. The van der Waals surface area contributed by atoms with Gasteiger partial charge in [0.05, 0.1) is 36.8 Å². The van der Waals surface area contributed by atoms with E-state index in [1.54, 1.807) is 36.5 Å². The summed E-state index contributed by atoms with van der Waals surface area (Å²) in [6.07, 6.45) is 3.19. The predicted octanol–water partition coefficient (Wildman–Crippen LogP) is 2.15. The SMILES string of the molecule is O=C1/C(=C\c2ccccc2Cl)N=C(SC/C([O-])=N/c2c[n+](N3CCOCC3)no2)N1c1ccccc1. The number of thioether (sulfide) groups is 1. The van der Waals surface area contributed by atoms with Gasteiger partial charge in [-0.2, -0.15) is 0 Å². The molecule has 1 saturated heterocycles. The van der Waals surface area contributed by atoms with Crippen LogP contribution >= 0.6 is 23.4 Å². The highest BCUT2D eigenvalue weighted by atomic mass is 35.5. The van der Waals surface area contributed by atoms with Gasteiger partial charge >= 0.3 is 5.88 Å². The van der Waals surface area contributed by atoms with E-state index in [1.165, 1.54) is 9.69 Å². The summed E-state index contributed by atoms with van der Waals surface area (Å²) in [7, 11) is 0. The number of benzene rings is 2. The number of carbonyl (C=O) groups excluding carboxylic acids is 1. The van der Waals surface area contributed by atoms with Gasteiger partial charge in [-0.25, -0.2) is 9.98 Å². The third-order valence-corrected chi connectivity index (χ3v) is 6.59. The summed E-state index contributed by atoms with van der Waals surface area (Å²) in [5.41, 5.74) is 1.54. The lowest BCUT2D eigenvalue weighted by molar-refractivity contribution is -0.759. The monoisotopic (exact) mass is 524 g/mol. The van der Waals surface area contributed by atoms with Crippen molar-refractivity contribution in [2.75, 3.05) is 42.0 Å². The highest BCUT2D eigenvalue weighted by molar-refractivity contribution is 8.14. The summed E-state index contributed by atoms with van der Waals surface area (Å²) in [5.74, 6) is -0.713. The van der Waals surface area contributed by atoms with Crippen LogP contribution in [0.4, 0.5) is 11.6 Å². The molecule has 1 fully saturated rings. The molecule has 10 nitrogen and oxygen atoms in total. The fourth-order valence-electron chi connectivity index (χ4n) is 3.59. The molecule has 0 unspecified atom stereocenters. The van der Waals surface area contributed by atoms with Gasteiger partial charge in [0.1, 0.15) is 5.70 Å². The summed E-state index contributed by atoms with van der Waals surface area (Å²) in [5, 5.41) is 19.3. The van der Waals surface area contributed by atoms with Crippen LogP contribution in [0.2, 0.25) is 5.02 Å². The Hall–Kier alpha value is -3.67. The fourth-order valence-corrected chi connectivity index (χ4v) is 4.58. The lowest BCUT2D eigenvalue weighted by Gasteiger charge is -2.18. The second-order valence-electron chi connectivity index (χ2n) is 7.74. The van der Waals surface area contributed by atoms with Crippen molar-refractivity contribution in [3.8, 4) is 0 Å². The number of nitrogens with zero attached hydrogens (tertiary/aromatic N) is 6. The van der Waals surface area contributed by atoms with E-state index in [0.717, 1.165) is 11.8 Å². The maximum atomic E-state index is 13.3. The zero-order valence-corrected chi connectivity index (χ0v) is 20.6. The minimum atomic E-state index is -0.447. The first-order valence-electron chi connectivity index (χ1n) is 11.1. The number of para-hydroxylation sites is 1. The Morgan fingerprint density at radius 2 is 1.92 bits per heavy atom. The Morgan fingerprint density at radius 3 is 2.69 bits per heavy atom. The van der Waals surface area contributed by atoms with Crippen LogP contribution in [0.1, 0.15) is 5.56 Å². The third kappa shape index (κ3) is 5.43. The molecule has 0 spiro atoms. The normalized spacial score (nSPS) is 17.7. The molecule has 1 amide bonds. The van der Waals surface area contributed by atoms with Crippen molar-refractivity contribution in [2.45, 2.75) is 0 Å². The highest BCUT2D eigenvalue weighted by Crippen LogP contribution is 2.30. The van der Waals surface area contributed by atoms with E-state index in [0.29, 0.717) is 47.7 Å². The molecule has 0 radical (unpaired) electrons. The lowest BCUT2D eigenvalue weighted by Crippen LogP contribution is -2.62. The van der Waals surface area contributed by atoms with Gasteiger partial charge in [0.15, 0.2) is 5.17 Å². The van der Waals surface area contributed by atoms with Crippen LogP contribution in [-0.4, -0.2) is 54.3 Å². The van der Waals surface area contributed by atoms with Gasteiger partial charge in [-0.3, -0.25) is 14.2 Å². The third-order valence-electron chi connectivity index (χ3n) is 5.32. The van der Waals surface area contributed by atoms with Gasteiger partial charge in [0.25, 0.3) is 12.1 Å². The van der Waals surface area contributed by atoms with E-state index < -0.39 is 5.90 Å². The number of aliphatic imine (C=N–C) groups is 2. The molecule has 184 valence electrons. The van der Waals surface area contributed by atoms with Crippen molar-refractivity contribution in [3.63, 3.8) is 0 Å². The molecule has 0 bridgehead atoms.